The molecule has 0 bridgehead atoms. The fraction of sp³-hybridized carbons (Fsp3) is 0.300. The smallest absolute Gasteiger partial charge is 0.329 e. The molecule has 4 nitrogen and oxygen atoms in total. The Morgan fingerprint density at radius 2 is 2.00 bits per heavy atom. The molecule has 0 saturated carbocycles. The zero-order valence-corrected chi connectivity index (χ0v) is 13.7. The van der Waals surface area contributed by atoms with Crippen molar-refractivity contribution in [3.05, 3.63) is 65.2 Å². The van der Waals surface area contributed by atoms with E-state index in [4.69, 9.17) is 9.73 Å². The summed E-state index contributed by atoms with van der Waals surface area (Å²) < 4.78 is 5.55. The number of amidine groups is 1. The average molecular weight is 320 g/mol. The van der Waals surface area contributed by atoms with Gasteiger partial charge in [-0.3, -0.25) is 0 Å². The van der Waals surface area contributed by atoms with Crippen LogP contribution < -0.4 is 0 Å². The fourth-order valence-electron chi connectivity index (χ4n) is 3.32. The molecule has 0 N–H and O–H groups in total. The molecule has 0 aliphatic carbocycles. The molecule has 2 aromatic carbocycles. The van der Waals surface area contributed by atoms with Gasteiger partial charge in [0.2, 0.25) is 0 Å². The molecule has 1 saturated heterocycles. The average Bonchev–Trinajstić information content (AvgIpc) is 3.02. The van der Waals surface area contributed by atoms with E-state index in [1.807, 2.05) is 49.4 Å². The Bertz CT molecular complexity index is 796. The zero-order valence-electron chi connectivity index (χ0n) is 13.7. The number of rotatable bonds is 3. The van der Waals surface area contributed by atoms with Crippen LogP contribution >= 0.6 is 0 Å². The molecule has 0 amide bonds. The van der Waals surface area contributed by atoms with E-state index in [0.717, 1.165) is 36.5 Å². The van der Waals surface area contributed by atoms with Crippen LogP contribution in [0.15, 0.2) is 53.5 Å². The maximum atomic E-state index is 12.5. The number of benzene rings is 2. The minimum absolute atomic E-state index is 0.153. The minimum Gasteiger partial charge on any atom is -0.459 e. The molecule has 1 atom stereocenters. The quantitative estimate of drug-likeness (QED) is 0.809. The van der Waals surface area contributed by atoms with E-state index in [0.29, 0.717) is 6.61 Å². The molecule has 24 heavy (non-hydrogen) atoms. The highest BCUT2D eigenvalue weighted by molar-refractivity contribution is 5.94. The third-order valence-electron chi connectivity index (χ3n) is 4.70. The van der Waals surface area contributed by atoms with Gasteiger partial charge in [0, 0.05) is 13.0 Å². The Kier molecular flexibility index (Phi) is 3.81. The Balaban J connectivity index is 1.44. The van der Waals surface area contributed by atoms with E-state index in [-0.39, 0.29) is 12.0 Å². The van der Waals surface area contributed by atoms with Crippen molar-refractivity contribution < 1.29 is 9.53 Å². The third-order valence-corrected chi connectivity index (χ3v) is 4.70. The van der Waals surface area contributed by atoms with Crippen molar-refractivity contribution in [3.8, 4) is 0 Å². The lowest BCUT2D eigenvalue weighted by Crippen LogP contribution is -2.40. The summed E-state index contributed by atoms with van der Waals surface area (Å²) >= 11 is 0. The van der Waals surface area contributed by atoms with Gasteiger partial charge in [0.1, 0.15) is 18.5 Å². The number of carbonyl (C=O) groups excluding carboxylic acids is 1. The summed E-state index contributed by atoms with van der Waals surface area (Å²) in [4.78, 5) is 19.3. The minimum atomic E-state index is -0.220. The van der Waals surface area contributed by atoms with E-state index in [9.17, 15) is 4.79 Å². The largest absolute Gasteiger partial charge is 0.459 e. The van der Waals surface area contributed by atoms with Gasteiger partial charge in [-0.1, -0.05) is 48.0 Å². The van der Waals surface area contributed by atoms with Crippen LogP contribution in [0.25, 0.3) is 0 Å². The first-order valence-electron chi connectivity index (χ1n) is 8.35. The van der Waals surface area contributed by atoms with Crippen molar-refractivity contribution >= 4 is 17.5 Å². The van der Waals surface area contributed by atoms with Gasteiger partial charge in [-0.2, -0.15) is 0 Å². The molecule has 2 aliphatic rings. The van der Waals surface area contributed by atoms with Crippen LogP contribution in [0.5, 0.6) is 0 Å². The van der Waals surface area contributed by atoms with Crippen LogP contribution in [0.1, 0.15) is 29.5 Å². The van der Waals surface area contributed by atoms with Crippen LogP contribution in [0.4, 0.5) is 5.69 Å². The van der Waals surface area contributed by atoms with Crippen molar-refractivity contribution in [2.24, 2.45) is 4.99 Å². The zero-order chi connectivity index (χ0) is 16.5. The molecule has 0 radical (unpaired) electrons. The normalized spacial score (nSPS) is 18.6. The van der Waals surface area contributed by atoms with Crippen molar-refractivity contribution in [1.29, 1.82) is 0 Å². The predicted octanol–water partition coefficient (Wildman–Crippen LogP) is 3.75. The Hall–Kier alpha value is -2.62. The first kappa shape index (κ1) is 14.9. The van der Waals surface area contributed by atoms with Gasteiger partial charge in [0.05, 0.1) is 5.69 Å². The van der Waals surface area contributed by atoms with Crippen molar-refractivity contribution in [3.63, 3.8) is 0 Å². The third kappa shape index (κ3) is 2.80. The monoisotopic (exact) mass is 320 g/mol. The van der Waals surface area contributed by atoms with Gasteiger partial charge in [0.15, 0.2) is 0 Å². The summed E-state index contributed by atoms with van der Waals surface area (Å²) in [5, 5.41) is 0. The van der Waals surface area contributed by atoms with Gasteiger partial charge in [0.25, 0.3) is 0 Å². The van der Waals surface area contributed by atoms with Gasteiger partial charge < -0.3 is 9.64 Å². The summed E-state index contributed by atoms with van der Waals surface area (Å²) in [6.45, 7) is 3.11. The van der Waals surface area contributed by atoms with Gasteiger partial charge in [-0.15, -0.1) is 0 Å². The van der Waals surface area contributed by atoms with Crippen molar-refractivity contribution in [2.45, 2.75) is 39.0 Å². The maximum Gasteiger partial charge on any atom is 0.329 e. The number of esters is 1. The predicted molar refractivity (Wildman–Crippen MR) is 93.1 cm³/mol. The first-order valence-corrected chi connectivity index (χ1v) is 8.35. The maximum absolute atomic E-state index is 12.5. The summed E-state index contributed by atoms with van der Waals surface area (Å²) in [5.74, 6) is 0.853. The molecular weight excluding hydrogens is 300 g/mol. The van der Waals surface area contributed by atoms with Gasteiger partial charge in [-0.05, 0) is 30.5 Å². The molecule has 2 aromatic rings. The summed E-state index contributed by atoms with van der Waals surface area (Å²) in [7, 11) is 0. The molecular formula is C20H20N2O2. The topological polar surface area (TPSA) is 41.9 Å². The van der Waals surface area contributed by atoms with Gasteiger partial charge in [-0.25, -0.2) is 9.79 Å². The van der Waals surface area contributed by atoms with Crippen LogP contribution in [0.3, 0.4) is 0 Å². The van der Waals surface area contributed by atoms with Crippen LogP contribution in [-0.4, -0.2) is 22.7 Å². The van der Waals surface area contributed by atoms with Crippen LogP contribution in [-0.2, 0) is 22.7 Å². The van der Waals surface area contributed by atoms with E-state index in [2.05, 4.69) is 11.0 Å². The van der Waals surface area contributed by atoms with Crippen LogP contribution in [0.2, 0.25) is 0 Å². The lowest BCUT2D eigenvalue weighted by atomic mass is 10.1. The standard InChI is InChI=1S/C20H20N2O2/c1-14-6-8-15(9-7-14)13-24-20(23)18-10-11-19-21-17-5-3-2-4-16(17)12-22(18)19/h2-9,18H,10-13H2,1H3/t18-/m0/s1. The number of ether oxygens (including phenoxy) is 1. The summed E-state index contributed by atoms with van der Waals surface area (Å²) in [5.41, 5.74) is 4.41. The number of aryl methyl sites for hydroxylation is 1. The SMILES string of the molecule is Cc1ccc(COC(=O)[C@@H]2CCC3=Nc4ccccc4CN32)cc1. The molecule has 0 aromatic heterocycles. The van der Waals surface area contributed by atoms with Crippen molar-refractivity contribution in [2.75, 3.05) is 0 Å². The molecule has 122 valence electrons. The number of hydrogen-bond donors (Lipinski definition) is 0. The molecule has 2 heterocycles. The van der Waals surface area contributed by atoms with Crippen LogP contribution in [0, 0.1) is 6.92 Å². The number of nitrogens with zero attached hydrogens (tertiary/aromatic N) is 2. The number of para-hydroxylation sites is 1. The second-order valence-corrected chi connectivity index (χ2v) is 6.43. The molecule has 1 fully saturated rings. The molecule has 4 rings (SSSR count). The van der Waals surface area contributed by atoms with E-state index < -0.39 is 0 Å². The highest BCUT2D eigenvalue weighted by Crippen LogP contribution is 2.33. The highest BCUT2D eigenvalue weighted by Gasteiger charge is 2.37. The Morgan fingerprint density at radius 1 is 1.21 bits per heavy atom. The summed E-state index contributed by atoms with van der Waals surface area (Å²) in [6.07, 6.45) is 1.61. The second-order valence-electron chi connectivity index (χ2n) is 6.43. The Morgan fingerprint density at radius 3 is 2.83 bits per heavy atom. The number of hydrogen-bond acceptors (Lipinski definition) is 4. The second kappa shape index (κ2) is 6.11. The lowest BCUT2D eigenvalue weighted by Gasteiger charge is -2.29. The molecule has 4 heteroatoms. The van der Waals surface area contributed by atoms with E-state index in [1.165, 1.54) is 11.1 Å². The number of carbonyl (C=O) groups is 1. The lowest BCUT2D eigenvalue weighted by molar-refractivity contribution is -0.149. The van der Waals surface area contributed by atoms with E-state index >= 15 is 0 Å². The molecule has 0 spiro atoms. The highest BCUT2D eigenvalue weighted by atomic mass is 16.5. The van der Waals surface area contributed by atoms with Crippen molar-refractivity contribution in [1.82, 2.24) is 4.90 Å². The van der Waals surface area contributed by atoms with Gasteiger partial charge >= 0.3 is 5.97 Å². The van der Waals surface area contributed by atoms with E-state index in [1.54, 1.807) is 0 Å². The Labute approximate surface area is 141 Å². The summed E-state index contributed by atoms with van der Waals surface area (Å²) in [6, 6.07) is 16.0. The molecule has 0 unspecified atom stereocenters. The fourth-order valence-corrected chi connectivity index (χ4v) is 3.32. The number of fused-ring (bicyclic) bond motifs is 2. The molecule has 2 aliphatic heterocycles. The first-order chi connectivity index (χ1) is 11.7. The number of aliphatic imine (C=N–C) groups is 1.